The van der Waals surface area contributed by atoms with Crippen molar-refractivity contribution in [3.05, 3.63) is 135 Å². The summed E-state index contributed by atoms with van der Waals surface area (Å²) in [7, 11) is 3.99. The third-order valence-electron chi connectivity index (χ3n) is 7.53. The number of ketones is 2. The lowest BCUT2D eigenvalue weighted by molar-refractivity contribution is 0.0971. The van der Waals surface area contributed by atoms with Gasteiger partial charge in [0.25, 0.3) is 5.56 Å². The fraction of sp³-hybridized carbons (Fsp3) is 0.243. The van der Waals surface area contributed by atoms with Gasteiger partial charge < -0.3 is 4.90 Å². The first-order valence-corrected chi connectivity index (χ1v) is 15.2. The van der Waals surface area contributed by atoms with Gasteiger partial charge in [-0.2, -0.15) is 0 Å². The van der Waals surface area contributed by atoms with E-state index in [1.807, 2.05) is 56.6 Å². The minimum atomic E-state index is -1.02. The van der Waals surface area contributed by atoms with Crippen molar-refractivity contribution >= 4 is 22.5 Å². The van der Waals surface area contributed by atoms with Crippen LogP contribution in [0.5, 0.6) is 0 Å². The number of carbonyl (C=O) groups excluding carboxylic acids is 2. The topological polar surface area (TPSA) is 98.0 Å². The van der Waals surface area contributed by atoms with Crippen LogP contribution in [0.3, 0.4) is 0 Å². The Morgan fingerprint density at radius 2 is 1.68 bits per heavy atom. The number of rotatable bonds is 12. The monoisotopic (exact) mass is 633 g/mol. The molecule has 0 atom stereocenters. The van der Waals surface area contributed by atoms with Gasteiger partial charge in [-0.05, 0) is 68.5 Å². The number of carbonyl (C=O) groups is 2. The van der Waals surface area contributed by atoms with Gasteiger partial charge in [-0.3, -0.25) is 19.0 Å². The van der Waals surface area contributed by atoms with E-state index >= 15 is 0 Å². The van der Waals surface area contributed by atoms with Crippen LogP contribution in [0.15, 0.2) is 84.2 Å². The molecule has 0 spiro atoms. The van der Waals surface area contributed by atoms with Gasteiger partial charge in [0, 0.05) is 54.6 Å². The molecule has 3 aromatic carbocycles. The van der Waals surface area contributed by atoms with E-state index in [0.717, 1.165) is 47.1 Å². The van der Waals surface area contributed by atoms with Gasteiger partial charge in [0.15, 0.2) is 23.2 Å². The van der Waals surface area contributed by atoms with Gasteiger partial charge in [-0.25, -0.2) is 23.7 Å². The first kappa shape index (κ1) is 33.0. The molecular weight excluding hydrogens is 600 g/mol. The molecule has 5 aromatic rings. The Bertz CT molecular complexity index is 2050. The Labute approximate surface area is 271 Å². The molecule has 2 aromatic heterocycles. The number of halogens is 2. The molecule has 47 heavy (non-hydrogen) atoms. The summed E-state index contributed by atoms with van der Waals surface area (Å²) in [6, 6.07) is 16.6. The highest BCUT2D eigenvalue weighted by molar-refractivity contribution is 5.96. The van der Waals surface area contributed by atoms with Gasteiger partial charge in [0.2, 0.25) is 0 Å². The fourth-order valence-corrected chi connectivity index (χ4v) is 4.99. The van der Waals surface area contributed by atoms with Crippen LogP contribution < -0.4 is 5.56 Å². The highest BCUT2D eigenvalue weighted by Gasteiger charge is 2.14. The van der Waals surface area contributed by atoms with Gasteiger partial charge in [0.05, 0.1) is 18.4 Å². The number of hydrogen-bond acceptors (Lipinski definition) is 7. The summed E-state index contributed by atoms with van der Waals surface area (Å²) in [6.45, 7) is 0.828. The number of hydrogen-bond donors (Lipinski definition) is 0. The molecule has 0 amide bonds. The van der Waals surface area contributed by atoms with Gasteiger partial charge in [0.1, 0.15) is 11.4 Å². The summed E-state index contributed by atoms with van der Waals surface area (Å²) in [6.07, 6.45) is 6.35. The number of aromatic nitrogens is 4. The van der Waals surface area contributed by atoms with Crippen molar-refractivity contribution in [2.24, 2.45) is 0 Å². The predicted molar refractivity (Wildman–Crippen MR) is 175 cm³/mol. The molecular formula is C37H33F2N5O3. The maximum Gasteiger partial charge on any atom is 0.264 e. The molecule has 0 fully saturated rings. The molecule has 10 heteroatoms. The molecule has 0 saturated heterocycles. The van der Waals surface area contributed by atoms with Crippen molar-refractivity contribution in [1.82, 2.24) is 24.4 Å². The van der Waals surface area contributed by atoms with Crippen molar-refractivity contribution in [1.29, 1.82) is 0 Å². The lowest BCUT2D eigenvalue weighted by Gasteiger charge is -2.08. The van der Waals surface area contributed by atoms with E-state index in [4.69, 9.17) is 0 Å². The number of nitrogens with zero attached hydrogens (tertiary/aromatic N) is 5. The molecule has 0 unspecified atom stereocenters. The zero-order chi connectivity index (χ0) is 33.3. The van der Waals surface area contributed by atoms with Gasteiger partial charge in [-0.1, -0.05) is 42.2 Å². The second kappa shape index (κ2) is 15.3. The average molecular weight is 634 g/mol. The van der Waals surface area contributed by atoms with Gasteiger partial charge >= 0.3 is 0 Å². The first-order valence-electron chi connectivity index (χ1n) is 15.2. The highest BCUT2D eigenvalue weighted by atomic mass is 19.2. The Morgan fingerprint density at radius 3 is 2.45 bits per heavy atom. The Morgan fingerprint density at radius 1 is 0.894 bits per heavy atom. The summed E-state index contributed by atoms with van der Waals surface area (Å²) >= 11 is 0. The van der Waals surface area contributed by atoms with E-state index in [9.17, 15) is 23.2 Å². The van der Waals surface area contributed by atoms with E-state index in [0.29, 0.717) is 29.8 Å². The highest BCUT2D eigenvalue weighted by Crippen LogP contribution is 2.16. The summed E-state index contributed by atoms with van der Waals surface area (Å²) in [5, 5.41) is 0.826. The first-order chi connectivity index (χ1) is 22.7. The lowest BCUT2D eigenvalue weighted by Crippen LogP contribution is -2.27. The predicted octanol–water partition coefficient (Wildman–Crippen LogP) is 5.64. The van der Waals surface area contributed by atoms with Crippen molar-refractivity contribution in [2.75, 3.05) is 20.6 Å². The smallest absolute Gasteiger partial charge is 0.264 e. The molecule has 8 nitrogen and oxygen atoms in total. The van der Waals surface area contributed by atoms with E-state index in [1.54, 1.807) is 6.20 Å². The largest absolute Gasteiger partial charge is 0.309 e. The molecule has 5 rings (SSSR count). The minimum Gasteiger partial charge on any atom is -0.309 e. The van der Waals surface area contributed by atoms with E-state index in [1.165, 1.54) is 23.2 Å². The zero-order valence-corrected chi connectivity index (χ0v) is 26.2. The number of fused-ring (bicyclic) bond motifs is 1. The quantitative estimate of drug-likeness (QED) is 0.130. The molecule has 238 valence electrons. The van der Waals surface area contributed by atoms with E-state index < -0.39 is 23.0 Å². The molecule has 0 N–H and O–H groups in total. The minimum absolute atomic E-state index is 0.0186. The standard InChI is InChI=1S/C37H33F2N5O3/c1-43(2)17-5-8-34(45)28-13-9-26(10-14-28)20-36-41-21-29-18-25(12-16-33(29)42-36)6-3-4-7-35(46)30-22-40-24-44(37(30)47)23-27-11-15-31(38)32(39)19-27/h9-16,18-19,21-22,24H,4-5,7-8,17,20,23H2,1-2H3. The van der Waals surface area contributed by atoms with Crippen molar-refractivity contribution < 1.29 is 18.4 Å². The SMILES string of the molecule is CN(C)CCCC(=O)c1ccc(Cc2ncc3cc(C#CCCC(=O)c4cncn(Cc5ccc(F)c(F)c5)c4=O)ccc3n2)cc1. The van der Waals surface area contributed by atoms with E-state index in [2.05, 4.69) is 31.7 Å². The second-order valence-corrected chi connectivity index (χ2v) is 11.5. The maximum atomic E-state index is 13.6. The van der Waals surface area contributed by atoms with Crippen LogP contribution >= 0.6 is 0 Å². The summed E-state index contributed by atoms with van der Waals surface area (Å²) in [5.41, 5.74) is 2.96. The van der Waals surface area contributed by atoms with Crippen LogP contribution in [0, 0.1) is 23.5 Å². The molecule has 0 aliphatic heterocycles. The lowest BCUT2D eigenvalue weighted by atomic mass is 10.0. The molecule has 0 aliphatic carbocycles. The normalized spacial score (nSPS) is 11.0. The zero-order valence-electron chi connectivity index (χ0n) is 26.2. The van der Waals surface area contributed by atoms with Crippen LogP contribution in [0.1, 0.15) is 68.9 Å². The van der Waals surface area contributed by atoms with Crippen molar-refractivity contribution in [2.45, 2.75) is 38.6 Å². The van der Waals surface area contributed by atoms with Crippen LogP contribution in [-0.4, -0.2) is 56.6 Å². The third kappa shape index (κ3) is 8.87. The van der Waals surface area contributed by atoms with E-state index in [-0.39, 0.29) is 30.7 Å². The Balaban J connectivity index is 1.16. The maximum absolute atomic E-state index is 13.6. The fourth-order valence-electron chi connectivity index (χ4n) is 4.99. The summed E-state index contributed by atoms with van der Waals surface area (Å²) in [4.78, 5) is 53.3. The Kier molecular flexibility index (Phi) is 10.7. The van der Waals surface area contributed by atoms with Gasteiger partial charge in [-0.15, -0.1) is 0 Å². The van der Waals surface area contributed by atoms with Crippen LogP contribution in [0.2, 0.25) is 0 Å². The van der Waals surface area contributed by atoms with Crippen LogP contribution in [0.25, 0.3) is 10.9 Å². The van der Waals surface area contributed by atoms with Crippen molar-refractivity contribution in [3.63, 3.8) is 0 Å². The summed E-state index contributed by atoms with van der Waals surface area (Å²) in [5.74, 6) is 4.43. The average Bonchev–Trinajstić information content (AvgIpc) is 3.05. The molecule has 0 saturated carbocycles. The van der Waals surface area contributed by atoms with Crippen LogP contribution in [0.4, 0.5) is 8.78 Å². The molecule has 0 aliphatic rings. The second-order valence-electron chi connectivity index (χ2n) is 11.5. The third-order valence-corrected chi connectivity index (χ3v) is 7.53. The molecule has 0 radical (unpaired) electrons. The number of Topliss-reactive ketones (excluding diaryl/α,β-unsaturated/α-hetero) is 2. The summed E-state index contributed by atoms with van der Waals surface area (Å²) < 4.78 is 28.0. The molecule has 0 bridgehead atoms. The Hall–Kier alpha value is -5.40. The van der Waals surface area contributed by atoms with Crippen molar-refractivity contribution in [3.8, 4) is 11.8 Å². The number of benzene rings is 3. The van der Waals surface area contributed by atoms with Crippen LogP contribution in [-0.2, 0) is 13.0 Å². The molecule has 2 heterocycles.